The van der Waals surface area contributed by atoms with Gasteiger partial charge in [0.1, 0.15) is 0 Å². The van der Waals surface area contributed by atoms with Crippen molar-refractivity contribution in [1.29, 1.82) is 0 Å². The molecule has 1 fully saturated rings. The Labute approximate surface area is 158 Å². The average molecular weight is 375 g/mol. The van der Waals surface area contributed by atoms with Crippen LogP contribution in [0.2, 0.25) is 0 Å². The summed E-state index contributed by atoms with van der Waals surface area (Å²) in [6.07, 6.45) is 2.06. The van der Waals surface area contributed by atoms with E-state index < -0.39 is 0 Å². The highest BCUT2D eigenvalue weighted by Gasteiger charge is 2.25. The number of rotatable bonds is 5. The number of nitrogens with one attached hydrogen (secondary N) is 1. The van der Waals surface area contributed by atoms with Crippen LogP contribution in [0.25, 0.3) is 10.9 Å². The maximum absolute atomic E-state index is 12.8. The molecule has 0 saturated carbocycles. The van der Waals surface area contributed by atoms with E-state index in [1.807, 2.05) is 12.3 Å². The zero-order valence-electron chi connectivity index (χ0n) is 16.1. The van der Waals surface area contributed by atoms with Crippen molar-refractivity contribution < 1.29 is 23.8 Å². The van der Waals surface area contributed by atoms with Crippen molar-refractivity contribution in [2.75, 3.05) is 47.5 Å². The van der Waals surface area contributed by atoms with Crippen LogP contribution in [0.1, 0.15) is 12.5 Å². The smallest absolute Gasteiger partial charge is 0.227 e. The molecule has 1 aromatic heterocycles. The summed E-state index contributed by atoms with van der Waals surface area (Å²) in [7, 11) is 4.69. The number of methoxy groups -OCH3 is 3. The number of fused-ring (bicyclic) bond motifs is 1. The summed E-state index contributed by atoms with van der Waals surface area (Å²) < 4.78 is 16.4. The first-order valence-electron chi connectivity index (χ1n) is 8.82. The number of carbonyl (C=O) groups is 2. The van der Waals surface area contributed by atoms with E-state index in [2.05, 4.69) is 4.98 Å². The molecule has 1 aliphatic heterocycles. The minimum absolute atomic E-state index is 0.0240. The molecule has 2 aromatic rings. The second kappa shape index (κ2) is 7.77. The van der Waals surface area contributed by atoms with Gasteiger partial charge in [-0.2, -0.15) is 0 Å². The average Bonchev–Trinajstić information content (AvgIpc) is 3.08. The van der Waals surface area contributed by atoms with Gasteiger partial charge in [-0.25, -0.2) is 0 Å². The molecule has 8 nitrogen and oxygen atoms in total. The minimum Gasteiger partial charge on any atom is -0.493 e. The number of piperazine rings is 1. The Morgan fingerprint density at radius 1 is 1.00 bits per heavy atom. The van der Waals surface area contributed by atoms with E-state index in [9.17, 15) is 9.59 Å². The highest BCUT2D eigenvalue weighted by molar-refractivity contribution is 5.96. The van der Waals surface area contributed by atoms with E-state index in [0.717, 1.165) is 16.5 Å². The van der Waals surface area contributed by atoms with E-state index in [-0.39, 0.29) is 18.2 Å². The molecule has 1 saturated heterocycles. The molecule has 0 aliphatic carbocycles. The van der Waals surface area contributed by atoms with Gasteiger partial charge in [-0.3, -0.25) is 9.59 Å². The molecule has 0 unspecified atom stereocenters. The molecular weight excluding hydrogens is 350 g/mol. The van der Waals surface area contributed by atoms with Gasteiger partial charge in [-0.05, 0) is 5.56 Å². The van der Waals surface area contributed by atoms with Crippen LogP contribution in [0.3, 0.4) is 0 Å². The number of amides is 2. The molecule has 146 valence electrons. The maximum atomic E-state index is 12.8. The number of aromatic amines is 1. The maximum Gasteiger partial charge on any atom is 0.227 e. The summed E-state index contributed by atoms with van der Waals surface area (Å²) >= 11 is 0. The molecule has 27 heavy (non-hydrogen) atoms. The topological polar surface area (TPSA) is 84.1 Å². The van der Waals surface area contributed by atoms with Gasteiger partial charge in [-0.1, -0.05) is 0 Å². The van der Waals surface area contributed by atoms with Crippen LogP contribution in [-0.4, -0.2) is 74.1 Å². The number of ether oxygens (including phenoxy) is 3. The number of nitrogens with zero attached hydrogens (tertiary/aromatic N) is 2. The van der Waals surface area contributed by atoms with Crippen molar-refractivity contribution in [3.8, 4) is 17.2 Å². The Kier molecular flexibility index (Phi) is 5.43. The molecule has 0 atom stereocenters. The van der Waals surface area contributed by atoms with E-state index >= 15 is 0 Å². The Balaban J connectivity index is 1.85. The Morgan fingerprint density at radius 3 is 2.19 bits per heavy atom. The summed E-state index contributed by atoms with van der Waals surface area (Å²) in [6, 6.07) is 1.83. The molecule has 0 radical (unpaired) electrons. The van der Waals surface area contributed by atoms with Gasteiger partial charge < -0.3 is 29.0 Å². The van der Waals surface area contributed by atoms with Gasteiger partial charge in [0, 0.05) is 50.8 Å². The lowest BCUT2D eigenvalue weighted by atomic mass is 10.1. The van der Waals surface area contributed by atoms with Gasteiger partial charge in [0.15, 0.2) is 11.5 Å². The van der Waals surface area contributed by atoms with Gasteiger partial charge in [0.05, 0.1) is 33.3 Å². The molecule has 3 rings (SSSR count). The normalized spacial score (nSPS) is 14.4. The van der Waals surface area contributed by atoms with E-state index in [0.29, 0.717) is 43.4 Å². The second-order valence-electron chi connectivity index (χ2n) is 6.45. The van der Waals surface area contributed by atoms with Crippen LogP contribution in [0.15, 0.2) is 12.3 Å². The van der Waals surface area contributed by atoms with Crippen molar-refractivity contribution in [3.05, 3.63) is 17.8 Å². The molecule has 0 bridgehead atoms. The molecule has 8 heteroatoms. The van der Waals surface area contributed by atoms with Crippen LogP contribution in [0.4, 0.5) is 0 Å². The predicted molar refractivity (Wildman–Crippen MR) is 100 cm³/mol. The summed E-state index contributed by atoms with van der Waals surface area (Å²) in [5.74, 6) is 1.66. The van der Waals surface area contributed by atoms with Crippen molar-refractivity contribution in [1.82, 2.24) is 14.8 Å². The Bertz CT molecular complexity index is 853. The third-order valence-electron chi connectivity index (χ3n) is 4.97. The summed E-state index contributed by atoms with van der Waals surface area (Å²) in [4.78, 5) is 31.0. The van der Waals surface area contributed by atoms with Crippen LogP contribution >= 0.6 is 0 Å². The molecule has 2 amide bonds. The van der Waals surface area contributed by atoms with Crippen molar-refractivity contribution in [2.24, 2.45) is 0 Å². The number of aromatic nitrogens is 1. The third kappa shape index (κ3) is 3.51. The highest BCUT2D eigenvalue weighted by Crippen LogP contribution is 2.44. The van der Waals surface area contributed by atoms with E-state index in [1.54, 1.807) is 38.1 Å². The molecule has 2 heterocycles. The lowest BCUT2D eigenvalue weighted by Crippen LogP contribution is -2.50. The molecular formula is C19H25N3O5. The molecule has 1 N–H and O–H groups in total. The van der Waals surface area contributed by atoms with Gasteiger partial charge >= 0.3 is 0 Å². The first kappa shape index (κ1) is 18.9. The van der Waals surface area contributed by atoms with Crippen molar-refractivity contribution >= 4 is 22.7 Å². The monoisotopic (exact) mass is 375 g/mol. The van der Waals surface area contributed by atoms with Gasteiger partial charge in [0.25, 0.3) is 0 Å². The van der Waals surface area contributed by atoms with Crippen molar-refractivity contribution in [2.45, 2.75) is 13.3 Å². The van der Waals surface area contributed by atoms with Crippen LogP contribution < -0.4 is 14.2 Å². The second-order valence-corrected chi connectivity index (χ2v) is 6.45. The first-order valence-corrected chi connectivity index (χ1v) is 8.82. The Morgan fingerprint density at radius 2 is 1.63 bits per heavy atom. The number of hydrogen-bond donors (Lipinski definition) is 1. The summed E-state index contributed by atoms with van der Waals surface area (Å²) in [6.45, 7) is 3.80. The summed E-state index contributed by atoms with van der Waals surface area (Å²) in [5, 5.41) is 0.811. The van der Waals surface area contributed by atoms with Crippen LogP contribution in [0, 0.1) is 0 Å². The van der Waals surface area contributed by atoms with Crippen LogP contribution in [-0.2, 0) is 16.0 Å². The predicted octanol–water partition coefficient (Wildman–Crippen LogP) is 1.43. The highest BCUT2D eigenvalue weighted by atomic mass is 16.5. The number of carbonyl (C=O) groups excluding carboxylic acids is 2. The fourth-order valence-electron chi connectivity index (χ4n) is 3.51. The molecule has 0 spiro atoms. The van der Waals surface area contributed by atoms with Crippen LogP contribution in [0.5, 0.6) is 17.2 Å². The lowest BCUT2D eigenvalue weighted by molar-refractivity contribution is -0.137. The van der Waals surface area contributed by atoms with Gasteiger partial charge in [-0.15, -0.1) is 0 Å². The van der Waals surface area contributed by atoms with E-state index in [1.165, 1.54) is 0 Å². The third-order valence-corrected chi connectivity index (χ3v) is 4.97. The number of H-pyrrole nitrogens is 1. The lowest BCUT2D eigenvalue weighted by Gasteiger charge is -2.34. The van der Waals surface area contributed by atoms with Gasteiger partial charge in [0.2, 0.25) is 17.6 Å². The fourth-order valence-corrected chi connectivity index (χ4v) is 3.51. The quantitative estimate of drug-likeness (QED) is 0.855. The number of benzene rings is 1. The number of hydrogen-bond acceptors (Lipinski definition) is 5. The minimum atomic E-state index is 0.0240. The summed E-state index contributed by atoms with van der Waals surface area (Å²) in [5.41, 5.74) is 1.65. The zero-order valence-corrected chi connectivity index (χ0v) is 16.1. The largest absolute Gasteiger partial charge is 0.493 e. The zero-order chi connectivity index (χ0) is 19.6. The van der Waals surface area contributed by atoms with Crippen molar-refractivity contribution in [3.63, 3.8) is 0 Å². The molecule has 1 aliphatic rings. The SMILES string of the molecule is COc1cc2[nH]cc(CC(=O)N3CCN(C(C)=O)CC3)c2c(OC)c1OC. The fraction of sp³-hybridized carbons (Fsp3) is 0.474. The standard InChI is InChI=1S/C19H25N3O5/c1-12(23)21-5-7-22(8-6-21)16(24)9-13-11-20-14-10-15(25-2)18(26-3)19(27-4)17(13)14/h10-11,20H,5-9H2,1-4H3. The molecule has 1 aromatic carbocycles. The Hall–Kier alpha value is -2.90. The first-order chi connectivity index (χ1) is 13.0. The van der Waals surface area contributed by atoms with E-state index in [4.69, 9.17) is 14.2 Å².